The molecular weight excluding hydrogens is 616 g/mol. The molecule has 0 bridgehead atoms. The minimum Gasteiger partial charge on any atom is -0.494 e. The van der Waals surface area contributed by atoms with Crippen LogP contribution in [-0.4, -0.2) is 134 Å². The Hall–Kier alpha value is -3.46. The van der Waals surface area contributed by atoms with E-state index in [9.17, 15) is 19.5 Å². The van der Waals surface area contributed by atoms with E-state index in [0.717, 1.165) is 78.5 Å². The SMILES string of the molecule is O=c1c2c(=NCCCN3CCOCC3)cc3c(=O)n(CCCN4CCOCC4)c(=O)c4ccc(c(O)n1CCCN1CCOCC1)c2c4-3. The highest BCUT2D eigenvalue weighted by atomic mass is 16.5. The highest BCUT2D eigenvalue weighted by Crippen LogP contribution is 2.36. The number of hydrogen-bond donors (Lipinski definition) is 1. The number of ether oxygens (including phenoxy) is 3. The number of hydrogen-bond acceptors (Lipinski definition) is 11. The summed E-state index contributed by atoms with van der Waals surface area (Å²) >= 11 is 0. The summed E-state index contributed by atoms with van der Waals surface area (Å²) in [6, 6.07) is 5.10. The smallest absolute Gasteiger partial charge is 0.263 e. The van der Waals surface area contributed by atoms with Crippen LogP contribution in [0.4, 0.5) is 0 Å². The molecule has 0 saturated carbocycles. The lowest BCUT2D eigenvalue weighted by molar-refractivity contribution is 0.0368. The first kappa shape index (κ1) is 33.1. The van der Waals surface area contributed by atoms with Crippen molar-refractivity contribution in [2.45, 2.75) is 32.4 Å². The molecule has 1 N–H and O–H groups in total. The van der Waals surface area contributed by atoms with Crippen molar-refractivity contribution < 1.29 is 19.3 Å². The normalized spacial score (nSPS) is 19.4. The largest absolute Gasteiger partial charge is 0.494 e. The fourth-order valence-electron chi connectivity index (χ4n) is 7.47. The maximum absolute atomic E-state index is 14.3. The van der Waals surface area contributed by atoms with E-state index < -0.39 is 0 Å². The van der Waals surface area contributed by atoms with Crippen LogP contribution >= 0.6 is 0 Å². The van der Waals surface area contributed by atoms with Gasteiger partial charge in [-0.25, -0.2) is 0 Å². The molecule has 0 spiro atoms. The van der Waals surface area contributed by atoms with Gasteiger partial charge in [-0.1, -0.05) is 0 Å². The zero-order chi connectivity index (χ0) is 33.0. The zero-order valence-corrected chi connectivity index (χ0v) is 27.7. The van der Waals surface area contributed by atoms with Crippen LogP contribution in [0.15, 0.2) is 37.6 Å². The molecule has 7 rings (SSSR count). The Labute approximate surface area is 278 Å². The van der Waals surface area contributed by atoms with Gasteiger partial charge in [0.05, 0.1) is 55.9 Å². The number of nitrogens with zero attached hydrogens (tertiary/aromatic N) is 6. The summed E-state index contributed by atoms with van der Waals surface area (Å²) in [5, 5.41) is 13.6. The molecule has 1 aliphatic carbocycles. The van der Waals surface area contributed by atoms with Gasteiger partial charge in [-0.15, -0.1) is 0 Å². The quantitative estimate of drug-likeness (QED) is 0.168. The average Bonchev–Trinajstić information content (AvgIpc) is 3.12. The third kappa shape index (κ3) is 6.72. The van der Waals surface area contributed by atoms with Crippen LogP contribution in [0.3, 0.4) is 0 Å². The second-order valence-corrected chi connectivity index (χ2v) is 13.1. The van der Waals surface area contributed by atoms with Crippen molar-refractivity contribution in [2.24, 2.45) is 4.99 Å². The molecule has 0 amide bonds. The van der Waals surface area contributed by atoms with Crippen LogP contribution in [0.5, 0.6) is 5.88 Å². The van der Waals surface area contributed by atoms with Gasteiger partial charge >= 0.3 is 0 Å². The fourth-order valence-corrected chi connectivity index (χ4v) is 7.47. The molecule has 1 aromatic heterocycles. The Morgan fingerprint density at radius 2 is 1.12 bits per heavy atom. The third-order valence-corrected chi connectivity index (χ3v) is 10.1. The highest BCUT2D eigenvalue weighted by molar-refractivity contribution is 6.15. The van der Waals surface area contributed by atoms with Gasteiger partial charge in [-0.3, -0.25) is 43.2 Å². The number of aromatic hydroxyl groups is 1. The van der Waals surface area contributed by atoms with Crippen molar-refractivity contribution in [1.82, 2.24) is 23.8 Å². The topological polar surface area (TPSA) is 131 Å². The van der Waals surface area contributed by atoms with Crippen molar-refractivity contribution in [3.8, 4) is 17.0 Å². The molecular formula is C35H46N6O7. The van der Waals surface area contributed by atoms with Crippen LogP contribution in [0.2, 0.25) is 0 Å². The summed E-state index contributed by atoms with van der Waals surface area (Å²) in [4.78, 5) is 54.0. The first-order chi connectivity index (χ1) is 23.5. The lowest BCUT2D eigenvalue weighted by atomic mass is 9.90. The summed E-state index contributed by atoms with van der Waals surface area (Å²) in [6.45, 7) is 12.8. The molecule has 5 heterocycles. The maximum Gasteiger partial charge on any atom is 0.263 e. The van der Waals surface area contributed by atoms with Crippen LogP contribution in [0, 0.1) is 0 Å². The molecule has 2 aromatic rings. The molecule has 1 aromatic carbocycles. The van der Waals surface area contributed by atoms with E-state index in [-0.39, 0.29) is 22.6 Å². The summed E-state index contributed by atoms with van der Waals surface area (Å²) in [5.41, 5.74) is -0.331. The minimum atomic E-state index is -0.386. The summed E-state index contributed by atoms with van der Waals surface area (Å²) < 4.78 is 19.1. The maximum atomic E-state index is 14.3. The molecule has 3 saturated heterocycles. The van der Waals surface area contributed by atoms with Crippen molar-refractivity contribution in [3.63, 3.8) is 0 Å². The predicted molar refractivity (Wildman–Crippen MR) is 183 cm³/mol. The molecule has 3 fully saturated rings. The zero-order valence-electron chi connectivity index (χ0n) is 27.7. The lowest BCUT2D eigenvalue weighted by Gasteiger charge is -2.27. The van der Waals surface area contributed by atoms with E-state index in [0.29, 0.717) is 96.9 Å². The van der Waals surface area contributed by atoms with E-state index >= 15 is 0 Å². The third-order valence-electron chi connectivity index (χ3n) is 10.1. The van der Waals surface area contributed by atoms with Gasteiger partial charge in [-0.05, 0) is 37.5 Å². The lowest BCUT2D eigenvalue weighted by Crippen LogP contribution is -2.39. The Bertz CT molecular complexity index is 1910. The van der Waals surface area contributed by atoms with E-state index in [2.05, 4.69) is 14.7 Å². The Kier molecular flexibility index (Phi) is 10.3. The number of aromatic nitrogens is 2. The van der Waals surface area contributed by atoms with Gasteiger partial charge in [0.2, 0.25) is 5.88 Å². The van der Waals surface area contributed by atoms with Gasteiger partial charge in [0.1, 0.15) is 0 Å². The average molecular weight is 663 g/mol. The molecule has 258 valence electrons. The fraction of sp³-hybridized carbons (Fsp3) is 0.600. The second-order valence-electron chi connectivity index (χ2n) is 13.1. The first-order valence-electron chi connectivity index (χ1n) is 17.5. The molecule has 5 aliphatic rings. The summed E-state index contributed by atoms with van der Waals surface area (Å²) in [5.74, 6) is -0.149. The molecule has 0 radical (unpaired) electrons. The van der Waals surface area contributed by atoms with Crippen LogP contribution in [0.1, 0.15) is 19.3 Å². The molecule has 0 atom stereocenters. The standard InChI is InChI=1S/C35H46N6O7/c42-32-25-4-5-26-30-29(25)27(34(44)40(32)10-2-8-38-14-20-47-21-15-38)24-28(36-6-1-7-37-12-18-46-19-13-37)31(30)35(45)41(33(26)43)11-3-9-39-16-22-48-23-17-39/h4-5,24,43H,1-3,6-23H2. The molecule has 4 aliphatic heterocycles. The van der Waals surface area contributed by atoms with E-state index in [4.69, 9.17) is 19.2 Å². The van der Waals surface area contributed by atoms with E-state index in [1.165, 1.54) is 9.13 Å². The van der Waals surface area contributed by atoms with Gasteiger partial charge in [0, 0.05) is 100 Å². The van der Waals surface area contributed by atoms with Crippen molar-refractivity contribution in [3.05, 3.63) is 54.6 Å². The van der Waals surface area contributed by atoms with Crippen molar-refractivity contribution >= 4 is 21.5 Å². The predicted octanol–water partition coefficient (Wildman–Crippen LogP) is 0.430. The molecule has 13 heteroatoms. The summed E-state index contributed by atoms with van der Waals surface area (Å²) in [6.07, 6.45) is 2.11. The molecule has 48 heavy (non-hydrogen) atoms. The monoisotopic (exact) mass is 662 g/mol. The summed E-state index contributed by atoms with van der Waals surface area (Å²) in [7, 11) is 0. The Morgan fingerprint density at radius 1 is 0.604 bits per heavy atom. The Morgan fingerprint density at radius 3 is 1.71 bits per heavy atom. The molecule has 13 nitrogen and oxygen atoms in total. The van der Waals surface area contributed by atoms with Crippen molar-refractivity contribution in [2.75, 3.05) is 105 Å². The number of pyridine rings is 2. The molecule has 0 unspecified atom stereocenters. The van der Waals surface area contributed by atoms with E-state index in [1.807, 2.05) is 0 Å². The van der Waals surface area contributed by atoms with Crippen LogP contribution < -0.4 is 22.0 Å². The first-order valence-corrected chi connectivity index (χ1v) is 17.5. The van der Waals surface area contributed by atoms with Crippen LogP contribution in [-0.2, 0) is 27.3 Å². The van der Waals surface area contributed by atoms with E-state index in [1.54, 1.807) is 18.2 Å². The van der Waals surface area contributed by atoms with Crippen LogP contribution in [0.25, 0.3) is 32.7 Å². The van der Waals surface area contributed by atoms with Gasteiger partial charge < -0.3 is 19.3 Å². The van der Waals surface area contributed by atoms with Gasteiger partial charge in [0.25, 0.3) is 16.7 Å². The number of morpholine rings is 3. The van der Waals surface area contributed by atoms with Gasteiger partial charge in [-0.2, -0.15) is 0 Å². The van der Waals surface area contributed by atoms with Gasteiger partial charge in [0.15, 0.2) is 0 Å². The minimum absolute atomic E-state index is 0.149. The Balaban J connectivity index is 1.28. The van der Waals surface area contributed by atoms with Crippen molar-refractivity contribution in [1.29, 1.82) is 0 Å². The number of benzene rings is 2. The highest BCUT2D eigenvalue weighted by Gasteiger charge is 2.27. The number of rotatable bonds is 12. The second kappa shape index (κ2) is 15.0.